The van der Waals surface area contributed by atoms with Gasteiger partial charge in [0.2, 0.25) is 0 Å². The van der Waals surface area contributed by atoms with Gasteiger partial charge in [0.15, 0.2) is 0 Å². The minimum atomic E-state index is -0.454. The first kappa shape index (κ1) is 16.4. The lowest BCUT2D eigenvalue weighted by atomic mass is 10.0. The van der Waals surface area contributed by atoms with Gasteiger partial charge in [-0.25, -0.2) is 4.39 Å². The lowest BCUT2D eigenvalue weighted by molar-refractivity contribution is 0.0341. The molecule has 1 aliphatic heterocycles. The number of alkyl halides is 1. The highest BCUT2D eigenvalue weighted by Crippen LogP contribution is 2.22. The molecule has 5 heteroatoms. The van der Waals surface area contributed by atoms with E-state index in [0.29, 0.717) is 0 Å². The van der Waals surface area contributed by atoms with Crippen LogP contribution >= 0.6 is 0 Å². The minimum absolute atomic E-state index is 0.266. The molecule has 1 fully saturated rings. The molecule has 0 amide bonds. The number of likely N-dealkylation sites (N-methyl/N-ethyl adjacent to an activating group) is 1. The number of hydrogen-bond acceptors (Lipinski definition) is 4. The topological polar surface area (TPSA) is 33.7 Å². The summed E-state index contributed by atoms with van der Waals surface area (Å²) in [7, 11) is 3.37. The van der Waals surface area contributed by atoms with Crippen LogP contribution in [0.1, 0.15) is 17.2 Å². The van der Waals surface area contributed by atoms with E-state index in [4.69, 9.17) is 9.47 Å². The average Bonchev–Trinajstić information content (AvgIpc) is 2.54. The highest BCUT2D eigenvalue weighted by Gasteiger charge is 2.21. The zero-order valence-electron chi connectivity index (χ0n) is 12.8. The quantitative estimate of drug-likeness (QED) is 0.831. The van der Waals surface area contributed by atoms with E-state index in [0.717, 1.165) is 38.4 Å². The summed E-state index contributed by atoms with van der Waals surface area (Å²) in [6.07, 6.45) is -0.266. The Bertz CT molecular complexity index is 403. The molecule has 2 atom stereocenters. The Labute approximate surface area is 126 Å². The molecule has 118 valence electrons. The van der Waals surface area contributed by atoms with Gasteiger partial charge in [-0.15, -0.1) is 0 Å². The zero-order valence-corrected chi connectivity index (χ0v) is 12.8. The lowest BCUT2D eigenvalue weighted by Crippen LogP contribution is -2.36. The van der Waals surface area contributed by atoms with Gasteiger partial charge in [0.1, 0.15) is 6.67 Å². The van der Waals surface area contributed by atoms with Gasteiger partial charge >= 0.3 is 0 Å². The molecule has 1 aromatic rings. The number of rotatable bonds is 7. The van der Waals surface area contributed by atoms with E-state index in [1.165, 1.54) is 5.56 Å². The van der Waals surface area contributed by atoms with Crippen LogP contribution in [0.3, 0.4) is 0 Å². The molecular formula is C16H25FN2O2. The van der Waals surface area contributed by atoms with E-state index in [1.54, 1.807) is 14.2 Å². The number of benzene rings is 1. The predicted molar refractivity (Wildman–Crippen MR) is 81.1 cm³/mol. The first-order valence-electron chi connectivity index (χ1n) is 7.43. The number of halogens is 1. The van der Waals surface area contributed by atoms with E-state index in [-0.39, 0.29) is 12.1 Å². The van der Waals surface area contributed by atoms with Crippen molar-refractivity contribution in [2.24, 2.45) is 0 Å². The normalized spacial score (nSPS) is 19.4. The Morgan fingerprint density at radius 2 is 1.95 bits per heavy atom. The molecular weight excluding hydrogens is 271 g/mol. The van der Waals surface area contributed by atoms with Crippen molar-refractivity contribution < 1.29 is 13.9 Å². The van der Waals surface area contributed by atoms with Gasteiger partial charge in [0, 0.05) is 26.7 Å². The molecule has 1 saturated heterocycles. The van der Waals surface area contributed by atoms with Crippen LogP contribution in [0.15, 0.2) is 24.3 Å². The van der Waals surface area contributed by atoms with Crippen molar-refractivity contribution in [3.05, 3.63) is 35.4 Å². The van der Waals surface area contributed by atoms with Crippen LogP contribution < -0.4 is 5.32 Å². The molecule has 4 nitrogen and oxygen atoms in total. The minimum Gasteiger partial charge on any atom is -0.379 e. The molecule has 1 N–H and O–H groups in total. The van der Waals surface area contributed by atoms with Crippen LogP contribution in [0.2, 0.25) is 0 Å². The molecule has 1 aromatic carbocycles. The van der Waals surface area contributed by atoms with Crippen LogP contribution in [0, 0.1) is 0 Å². The summed E-state index contributed by atoms with van der Waals surface area (Å²) in [5.41, 5.74) is 2.26. The van der Waals surface area contributed by atoms with Gasteiger partial charge in [-0.3, -0.25) is 4.90 Å². The Morgan fingerprint density at radius 1 is 1.29 bits per heavy atom. The molecule has 0 aliphatic carbocycles. The van der Waals surface area contributed by atoms with Crippen LogP contribution in [0.25, 0.3) is 0 Å². The van der Waals surface area contributed by atoms with Crippen LogP contribution in [0.4, 0.5) is 4.39 Å². The van der Waals surface area contributed by atoms with Gasteiger partial charge in [-0.1, -0.05) is 24.3 Å². The summed E-state index contributed by atoms with van der Waals surface area (Å²) in [6.45, 7) is 4.05. The number of morpholine rings is 1. The molecule has 0 saturated carbocycles. The molecule has 0 bridgehead atoms. The third-order valence-electron chi connectivity index (χ3n) is 3.97. The van der Waals surface area contributed by atoms with Gasteiger partial charge < -0.3 is 14.8 Å². The van der Waals surface area contributed by atoms with Gasteiger partial charge in [0.25, 0.3) is 0 Å². The molecule has 0 spiro atoms. The third kappa shape index (κ3) is 4.48. The fraction of sp³-hybridized carbons (Fsp3) is 0.625. The van der Waals surface area contributed by atoms with Crippen molar-refractivity contribution in [1.29, 1.82) is 0 Å². The number of nitrogens with one attached hydrogen (secondary N) is 1. The molecule has 0 radical (unpaired) electrons. The molecule has 0 unspecified atom stereocenters. The average molecular weight is 296 g/mol. The summed E-state index contributed by atoms with van der Waals surface area (Å²) in [5.74, 6) is 0. The predicted octanol–water partition coefficient (Wildman–Crippen LogP) is 1.76. The standard InChI is InChI=1S/C16H25FN2O2/c1-18-15(11-17)16(20-2)14-5-3-13(4-6-14)12-19-7-9-21-10-8-19/h3-6,15-16,18H,7-12H2,1-2H3/t15-,16-/m1/s1. The Kier molecular flexibility index (Phi) is 6.57. The van der Waals surface area contributed by atoms with E-state index in [9.17, 15) is 4.39 Å². The number of ether oxygens (including phenoxy) is 2. The monoisotopic (exact) mass is 296 g/mol. The smallest absolute Gasteiger partial charge is 0.108 e. The molecule has 1 aliphatic rings. The zero-order chi connectivity index (χ0) is 15.1. The van der Waals surface area contributed by atoms with Crippen molar-refractivity contribution in [2.75, 3.05) is 47.1 Å². The fourth-order valence-corrected chi connectivity index (χ4v) is 2.67. The van der Waals surface area contributed by atoms with Crippen LogP contribution in [-0.2, 0) is 16.0 Å². The highest BCUT2D eigenvalue weighted by atomic mass is 19.1. The number of methoxy groups -OCH3 is 1. The first-order chi connectivity index (χ1) is 10.3. The maximum atomic E-state index is 13.0. The Hall–Kier alpha value is -1.01. The van der Waals surface area contributed by atoms with E-state index >= 15 is 0 Å². The van der Waals surface area contributed by atoms with Crippen molar-refractivity contribution in [3.8, 4) is 0 Å². The van der Waals surface area contributed by atoms with Crippen molar-refractivity contribution in [2.45, 2.75) is 18.7 Å². The fourth-order valence-electron chi connectivity index (χ4n) is 2.67. The maximum absolute atomic E-state index is 13.0. The van der Waals surface area contributed by atoms with Crippen LogP contribution in [0.5, 0.6) is 0 Å². The van der Waals surface area contributed by atoms with Crippen molar-refractivity contribution in [3.63, 3.8) is 0 Å². The largest absolute Gasteiger partial charge is 0.379 e. The maximum Gasteiger partial charge on any atom is 0.108 e. The van der Waals surface area contributed by atoms with Crippen molar-refractivity contribution in [1.82, 2.24) is 10.2 Å². The number of nitrogens with zero attached hydrogens (tertiary/aromatic N) is 1. The lowest BCUT2D eigenvalue weighted by Gasteiger charge is -2.27. The Morgan fingerprint density at radius 3 is 2.48 bits per heavy atom. The summed E-state index contributed by atoms with van der Waals surface area (Å²) in [6, 6.07) is 7.94. The van der Waals surface area contributed by atoms with E-state index in [2.05, 4.69) is 22.3 Å². The highest BCUT2D eigenvalue weighted by molar-refractivity contribution is 5.25. The van der Waals surface area contributed by atoms with Gasteiger partial charge in [-0.05, 0) is 18.2 Å². The Balaban J connectivity index is 1.99. The molecule has 0 aromatic heterocycles. The summed E-state index contributed by atoms with van der Waals surface area (Å²) in [4.78, 5) is 2.38. The second-order valence-corrected chi connectivity index (χ2v) is 5.34. The van der Waals surface area contributed by atoms with Crippen molar-refractivity contribution >= 4 is 0 Å². The molecule has 21 heavy (non-hydrogen) atoms. The van der Waals surface area contributed by atoms with Gasteiger partial charge in [0.05, 0.1) is 25.4 Å². The molecule has 2 rings (SSSR count). The number of hydrogen-bond donors (Lipinski definition) is 1. The van der Waals surface area contributed by atoms with E-state index < -0.39 is 6.67 Å². The summed E-state index contributed by atoms with van der Waals surface area (Å²) >= 11 is 0. The second-order valence-electron chi connectivity index (χ2n) is 5.34. The molecule has 1 heterocycles. The summed E-state index contributed by atoms with van der Waals surface area (Å²) < 4.78 is 23.8. The second kappa shape index (κ2) is 8.44. The van der Waals surface area contributed by atoms with E-state index in [1.807, 2.05) is 12.1 Å². The first-order valence-corrected chi connectivity index (χ1v) is 7.43. The third-order valence-corrected chi connectivity index (χ3v) is 3.97. The SMILES string of the molecule is CN[C@H](CF)[C@H](OC)c1ccc(CN2CCOCC2)cc1. The summed E-state index contributed by atoms with van der Waals surface area (Å²) in [5, 5.41) is 2.96. The van der Waals surface area contributed by atoms with Gasteiger partial charge in [-0.2, -0.15) is 0 Å². The van der Waals surface area contributed by atoms with Crippen LogP contribution in [-0.4, -0.2) is 58.1 Å².